The van der Waals surface area contributed by atoms with E-state index in [1.807, 2.05) is 0 Å². The maximum atomic E-state index is 11.8. The zero-order valence-electron chi connectivity index (χ0n) is 7.78. The van der Waals surface area contributed by atoms with Crippen molar-refractivity contribution in [3.8, 4) is 5.75 Å². The molecule has 1 aromatic carbocycles. The zero-order valence-corrected chi connectivity index (χ0v) is 8.54. The smallest absolute Gasteiger partial charge is 0.311 e. The molecule has 0 spiro atoms. The molecule has 0 amide bonds. The minimum atomic E-state index is -0.568. The van der Waals surface area contributed by atoms with Crippen LogP contribution in [-0.2, 0) is 0 Å². The standard InChI is InChI=1S/C9H9ClFNO3/c10-7-2-3-8(12(13)14)9(6-7)15-5-1-4-11/h2-3,6H,1,4-5H2. The normalized spacial score (nSPS) is 10.0. The van der Waals surface area contributed by atoms with Gasteiger partial charge in [-0.25, -0.2) is 0 Å². The number of ether oxygens (including phenoxy) is 1. The van der Waals surface area contributed by atoms with Crippen molar-refractivity contribution in [1.82, 2.24) is 0 Å². The lowest BCUT2D eigenvalue weighted by molar-refractivity contribution is -0.385. The summed E-state index contributed by atoms with van der Waals surface area (Å²) in [5, 5.41) is 10.9. The highest BCUT2D eigenvalue weighted by atomic mass is 35.5. The third-order valence-corrected chi connectivity index (χ3v) is 1.89. The number of nitrogens with zero attached hydrogens (tertiary/aromatic N) is 1. The number of hydrogen-bond donors (Lipinski definition) is 0. The maximum absolute atomic E-state index is 11.8. The highest BCUT2D eigenvalue weighted by Gasteiger charge is 2.14. The molecule has 15 heavy (non-hydrogen) atoms. The Labute approximate surface area is 90.8 Å². The van der Waals surface area contributed by atoms with Crippen molar-refractivity contribution in [1.29, 1.82) is 0 Å². The average Bonchev–Trinajstić information content (AvgIpc) is 2.18. The van der Waals surface area contributed by atoms with Gasteiger partial charge in [0.05, 0.1) is 18.2 Å². The van der Waals surface area contributed by atoms with Crippen LogP contribution in [0.1, 0.15) is 6.42 Å². The molecule has 4 nitrogen and oxygen atoms in total. The molecule has 0 aromatic heterocycles. The fraction of sp³-hybridized carbons (Fsp3) is 0.333. The Morgan fingerprint density at radius 1 is 1.53 bits per heavy atom. The number of benzene rings is 1. The molecule has 1 rings (SSSR count). The second kappa shape index (κ2) is 5.50. The number of hydrogen-bond acceptors (Lipinski definition) is 3. The lowest BCUT2D eigenvalue weighted by Crippen LogP contribution is -2.01. The fourth-order valence-electron chi connectivity index (χ4n) is 0.991. The molecule has 0 saturated carbocycles. The van der Waals surface area contributed by atoms with Gasteiger partial charge in [0.1, 0.15) is 0 Å². The summed E-state index contributed by atoms with van der Waals surface area (Å²) in [4.78, 5) is 10.0. The summed E-state index contributed by atoms with van der Waals surface area (Å²) in [6.07, 6.45) is 0.198. The van der Waals surface area contributed by atoms with Crippen LogP contribution in [0.25, 0.3) is 0 Å². The van der Waals surface area contributed by atoms with E-state index in [-0.39, 0.29) is 24.5 Å². The van der Waals surface area contributed by atoms with Gasteiger partial charge in [-0.3, -0.25) is 14.5 Å². The largest absolute Gasteiger partial charge is 0.487 e. The predicted octanol–water partition coefficient (Wildman–Crippen LogP) is 2.99. The SMILES string of the molecule is O=[N+]([O-])c1ccc(Cl)cc1OCCCF. The first-order valence-electron chi connectivity index (χ1n) is 4.28. The molecule has 0 bridgehead atoms. The Bertz CT molecular complexity index is 359. The van der Waals surface area contributed by atoms with Crippen LogP contribution in [0.2, 0.25) is 5.02 Å². The van der Waals surface area contributed by atoms with Gasteiger partial charge in [-0.1, -0.05) is 11.6 Å². The molecule has 1 aromatic rings. The highest BCUT2D eigenvalue weighted by Crippen LogP contribution is 2.29. The second-order valence-corrected chi connectivity index (χ2v) is 3.20. The summed E-state index contributed by atoms with van der Waals surface area (Å²) in [6, 6.07) is 4.01. The van der Waals surface area contributed by atoms with E-state index in [1.54, 1.807) is 0 Å². The minimum Gasteiger partial charge on any atom is -0.487 e. The van der Waals surface area contributed by atoms with Crippen molar-refractivity contribution in [3.63, 3.8) is 0 Å². The van der Waals surface area contributed by atoms with Crippen molar-refractivity contribution in [2.45, 2.75) is 6.42 Å². The van der Waals surface area contributed by atoms with E-state index >= 15 is 0 Å². The lowest BCUT2D eigenvalue weighted by Gasteiger charge is -2.05. The molecule has 0 aliphatic heterocycles. The summed E-state index contributed by atoms with van der Waals surface area (Å²) < 4.78 is 16.8. The molecule has 0 saturated heterocycles. The predicted molar refractivity (Wildman–Crippen MR) is 54.2 cm³/mol. The third kappa shape index (κ3) is 3.36. The van der Waals surface area contributed by atoms with E-state index in [0.29, 0.717) is 5.02 Å². The van der Waals surface area contributed by atoms with Crippen molar-refractivity contribution in [2.75, 3.05) is 13.3 Å². The molecule has 0 N–H and O–H groups in total. The monoisotopic (exact) mass is 233 g/mol. The van der Waals surface area contributed by atoms with Crippen molar-refractivity contribution >= 4 is 17.3 Å². The summed E-state index contributed by atoms with van der Waals surface area (Å²) in [5.74, 6) is 0.0703. The summed E-state index contributed by atoms with van der Waals surface area (Å²) in [6.45, 7) is -0.425. The van der Waals surface area contributed by atoms with Crippen LogP contribution in [0.5, 0.6) is 5.75 Å². The summed E-state index contributed by atoms with van der Waals surface area (Å²) >= 11 is 5.66. The van der Waals surface area contributed by atoms with Gasteiger partial charge in [-0.2, -0.15) is 0 Å². The van der Waals surface area contributed by atoms with Crippen molar-refractivity contribution < 1.29 is 14.1 Å². The highest BCUT2D eigenvalue weighted by molar-refractivity contribution is 6.30. The van der Waals surface area contributed by atoms with Crippen LogP contribution in [0, 0.1) is 10.1 Å². The Hall–Kier alpha value is -1.36. The first kappa shape index (κ1) is 11.7. The van der Waals surface area contributed by atoms with Gasteiger partial charge < -0.3 is 4.74 Å². The van der Waals surface area contributed by atoms with Gasteiger partial charge in [-0.15, -0.1) is 0 Å². The van der Waals surface area contributed by atoms with Gasteiger partial charge in [0.25, 0.3) is 0 Å². The Morgan fingerprint density at radius 2 is 2.27 bits per heavy atom. The molecular formula is C9H9ClFNO3. The fourth-order valence-corrected chi connectivity index (χ4v) is 1.15. The van der Waals surface area contributed by atoms with Crippen LogP contribution in [-0.4, -0.2) is 18.2 Å². The van der Waals surface area contributed by atoms with E-state index in [4.69, 9.17) is 16.3 Å². The van der Waals surface area contributed by atoms with Gasteiger partial charge in [-0.05, 0) is 6.07 Å². The Morgan fingerprint density at radius 3 is 2.87 bits per heavy atom. The Kier molecular flexibility index (Phi) is 4.30. The first-order valence-corrected chi connectivity index (χ1v) is 4.65. The molecule has 0 radical (unpaired) electrons. The number of rotatable bonds is 5. The van der Waals surface area contributed by atoms with Crippen LogP contribution in [0.15, 0.2) is 18.2 Å². The average molecular weight is 234 g/mol. The molecule has 82 valence electrons. The summed E-state index contributed by atoms with van der Waals surface area (Å²) in [7, 11) is 0. The molecule has 0 heterocycles. The van der Waals surface area contributed by atoms with Gasteiger partial charge in [0.2, 0.25) is 0 Å². The molecular weight excluding hydrogens is 225 g/mol. The molecule has 0 unspecified atom stereocenters. The van der Waals surface area contributed by atoms with Crippen molar-refractivity contribution in [3.05, 3.63) is 33.3 Å². The molecule has 0 aliphatic rings. The van der Waals surface area contributed by atoms with Gasteiger partial charge >= 0.3 is 5.69 Å². The van der Waals surface area contributed by atoms with Crippen LogP contribution < -0.4 is 4.74 Å². The number of halogens is 2. The number of alkyl halides is 1. The number of nitro groups is 1. The molecule has 6 heteroatoms. The van der Waals surface area contributed by atoms with Gasteiger partial charge in [0.15, 0.2) is 5.75 Å². The van der Waals surface area contributed by atoms with Crippen LogP contribution >= 0.6 is 11.6 Å². The van der Waals surface area contributed by atoms with E-state index < -0.39 is 11.6 Å². The molecule has 0 fully saturated rings. The molecule has 0 atom stereocenters. The lowest BCUT2D eigenvalue weighted by atomic mass is 10.3. The maximum Gasteiger partial charge on any atom is 0.311 e. The minimum absolute atomic E-state index is 0.0703. The van der Waals surface area contributed by atoms with E-state index in [9.17, 15) is 14.5 Å². The second-order valence-electron chi connectivity index (χ2n) is 2.76. The van der Waals surface area contributed by atoms with E-state index in [1.165, 1.54) is 18.2 Å². The quantitative estimate of drug-likeness (QED) is 0.446. The van der Waals surface area contributed by atoms with E-state index in [0.717, 1.165) is 0 Å². The Balaban J connectivity index is 2.82. The molecule has 0 aliphatic carbocycles. The summed E-state index contributed by atoms with van der Waals surface area (Å²) in [5.41, 5.74) is -0.168. The van der Waals surface area contributed by atoms with E-state index in [2.05, 4.69) is 0 Å². The zero-order chi connectivity index (χ0) is 11.3. The number of nitro benzene ring substituents is 1. The topological polar surface area (TPSA) is 52.4 Å². The van der Waals surface area contributed by atoms with Crippen molar-refractivity contribution in [2.24, 2.45) is 0 Å². The first-order chi connectivity index (χ1) is 7.15. The van der Waals surface area contributed by atoms with Crippen LogP contribution in [0.3, 0.4) is 0 Å². The van der Waals surface area contributed by atoms with Crippen LogP contribution in [0.4, 0.5) is 10.1 Å². The third-order valence-electron chi connectivity index (χ3n) is 1.65. The van der Waals surface area contributed by atoms with Gasteiger partial charge in [0, 0.05) is 23.6 Å².